The van der Waals surface area contributed by atoms with Crippen LogP contribution in [0.2, 0.25) is 0 Å². The van der Waals surface area contributed by atoms with Crippen LogP contribution in [0.1, 0.15) is 13.3 Å². The molecule has 2 aromatic carbocycles. The number of rotatable bonds is 7. The Balaban J connectivity index is 1.48. The smallest absolute Gasteiger partial charge is 0.308 e. The summed E-state index contributed by atoms with van der Waals surface area (Å²) in [5.41, 5.74) is 1.18. The van der Waals surface area contributed by atoms with Crippen LogP contribution in [-0.4, -0.2) is 44.1 Å². The number of nitrogens with zero attached hydrogens (tertiary/aromatic N) is 1. The zero-order valence-electron chi connectivity index (χ0n) is 16.2. The lowest BCUT2D eigenvalue weighted by molar-refractivity contribution is -0.147. The fourth-order valence-corrected chi connectivity index (χ4v) is 2.88. The van der Waals surface area contributed by atoms with Gasteiger partial charge in [0, 0.05) is 12.2 Å². The summed E-state index contributed by atoms with van der Waals surface area (Å²) >= 11 is 0. The van der Waals surface area contributed by atoms with Gasteiger partial charge in [0.25, 0.3) is 11.8 Å². The Morgan fingerprint density at radius 1 is 1.14 bits per heavy atom. The minimum absolute atomic E-state index is 0.0391. The van der Waals surface area contributed by atoms with E-state index in [1.165, 1.54) is 4.90 Å². The summed E-state index contributed by atoms with van der Waals surface area (Å²) in [6, 6.07) is 13.9. The number of hydrogen-bond acceptors (Lipinski definition) is 6. The van der Waals surface area contributed by atoms with Crippen molar-refractivity contribution in [2.45, 2.75) is 19.4 Å². The maximum Gasteiger partial charge on any atom is 0.308 e. The van der Waals surface area contributed by atoms with Crippen molar-refractivity contribution in [3.05, 3.63) is 48.5 Å². The van der Waals surface area contributed by atoms with E-state index >= 15 is 0 Å². The highest BCUT2D eigenvalue weighted by molar-refractivity contribution is 6.00. The highest BCUT2D eigenvalue weighted by Crippen LogP contribution is 2.33. The van der Waals surface area contributed by atoms with E-state index in [0.717, 1.165) is 0 Å². The highest BCUT2D eigenvalue weighted by Gasteiger charge is 2.31. The Labute approximate surface area is 168 Å². The molecule has 0 radical (unpaired) electrons. The highest BCUT2D eigenvalue weighted by atomic mass is 16.5. The molecule has 1 aliphatic rings. The van der Waals surface area contributed by atoms with Crippen LogP contribution in [0, 0.1) is 0 Å². The summed E-state index contributed by atoms with van der Waals surface area (Å²) in [6.07, 6.45) is -0.668. The van der Waals surface area contributed by atoms with Gasteiger partial charge in [-0.1, -0.05) is 12.1 Å². The molecule has 0 aliphatic carbocycles. The normalized spacial score (nSPS) is 15.2. The maximum absolute atomic E-state index is 12.4. The van der Waals surface area contributed by atoms with Gasteiger partial charge in [0.1, 0.15) is 11.5 Å². The average Bonchev–Trinajstić information content (AvgIpc) is 2.73. The fraction of sp³-hybridized carbons (Fsp3) is 0.286. The second-order valence-corrected chi connectivity index (χ2v) is 6.41. The molecular weight excluding hydrogens is 376 g/mol. The van der Waals surface area contributed by atoms with E-state index in [-0.39, 0.29) is 18.9 Å². The molecule has 0 saturated carbocycles. The van der Waals surface area contributed by atoms with Crippen molar-refractivity contribution in [1.82, 2.24) is 0 Å². The lowest BCUT2D eigenvalue weighted by Gasteiger charge is -2.32. The zero-order chi connectivity index (χ0) is 20.8. The monoisotopic (exact) mass is 398 g/mol. The van der Waals surface area contributed by atoms with E-state index in [2.05, 4.69) is 5.32 Å². The van der Waals surface area contributed by atoms with Gasteiger partial charge in [0.05, 0.1) is 19.2 Å². The van der Waals surface area contributed by atoms with Crippen LogP contribution in [0.15, 0.2) is 48.5 Å². The quantitative estimate of drug-likeness (QED) is 0.720. The fourth-order valence-electron chi connectivity index (χ4n) is 2.88. The van der Waals surface area contributed by atoms with Gasteiger partial charge in [-0.25, -0.2) is 0 Å². The summed E-state index contributed by atoms with van der Waals surface area (Å²) in [5.74, 6) is 0.00723. The first-order valence-corrected chi connectivity index (χ1v) is 9.14. The molecule has 0 spiro atoms. The average molecular weight is 398 g/mol. The first-order chi connectivity index (χ1) is 14.0. The standard InChI is InChI=1S/C21H22N2O6/c1-14-21(26)23(17-5-3-4-6-18(17)29-14)12-11-20(25)28-13-19(24)22-15-7-9-16(27-2)10-8-15/h3-10,14H,11-13H2,1-2H3,(H,22,24). The van der Waals surface area contributed by atoms with Gasteiger partial charge >= 0.3 is 5.97 Å². The van der Waals surface area contributed by atoms with Gasteiger partial charge in [-0.05, 0) is 43.3 Å². The second-order valence-electron chi connectivity index (χ2n) is 6.41. The van der Waals surface area contributed by atoms with Gasteiger partial charge in [-0.15, -0.1) is 0 Å². The van der Waals surface area contributed by atoms with Crippen LogP contribution >= 0.6 is 0 Å². The number of esters is 1. The van der Waals surface area contributed by atoms with Gasteiger partial charge in [0.2, 0.25) is 0 Å². The number of carbonyl (C=O) groups excluding carboxylic acids is 3. The van der Waals surface area contributed by atoms with E-state index in [4.69, 9.17) is 14.2 Å². The number of anilines is 2. The van der Waals surface area contributed by atoms with E-state index in [1.807, 2.05) is 6.07 Å². The molecule has 0 saturated heterocycles. The van der Waals surface area contributed by atoms with Crippen molar-refractivity contribution in [3.8, 4) is 11.5 Å². The molecule has 1 unspecified atom stereocenters. The number of ether oxygens (including phenoxy) is 3. The largest absolute Gasteiger partial charge is 0.497 e. The van der Waals surface area contributed by atoms with Crippen molar-refractivity contribution in [3.63, 3.8) is 0 Å². The molecule has 29 heavy (non-hydrogen) atoms. The van der Waals surface area contributed by atoms with Crippen molar-refractivity contribution >= 4 is 29.2 Å². The number of carbonyl (C=O) groups is 3. The number of amides is 2. The number of methoxy groups -OCH3 is 1. The third kappa shape index (κ3) is 5.04. The molecule has 1 N–H and O–H groups in total. The Morgan fingerprint density at radius 3 is 2.59 bits per heavy atom. The van der Waals surface area contributed by atoms with Crippen molar-refractivity contribution in [2.75, 3.05) is 30.5 Å². The third-order valence-electron chi connectivity index (χ3n) is 4.35. The number of para-hydroxylation sites is 2. The Morgan fingerprint density at radius 2 is 1.86 bits per heavy atom. The van der Waals surface area contributed by atoms with Crippen molar-refractivity contribution < 1.29 is 28.6 Å². The number of hydrogen-bond donors (Lipinski definition) is 1. The van der Waals surface area contributed by atoms with Gasteiger partial charge < -0.3 is 24.4 Å². The van der Waals surface area contributed by atoms with Crippen molar-refractivity contribution in [1.29, 1.82) is 0 Å². The van der Waals surface area contributed by atoms with Gasteiger partial charge in [-0.2, -0.15) is 0 Å². The van der Waals surface area contributed by atoms with Crippen LogP contribution in [0.5, 0.6) is 11.5 Å². The summed E-state index contributed by atoms with van der Waals surface area (Å²) in [6.45, 7) is 1.39. The molecule has 1 heterocycles. The third-order valence-corrected chi connectivity index (χ3v) is 4.35. The van der Waals surface area contributed by atoms with E-state index in [9.17, 15) is 14.4 Å². The van der Waals surface area contributed by atoms with Crippen LogP contribution in [0.3, 0.4) is 0 Å². The molecule has 152 valence electrons. The minimum atomic E-state index is -0.629. The lowest BCUT2D eigenvalue weighted by Crippen LogP contribution is -2.45. The molecule has 0 bridgehead atoms. The summed E-state index contributed by atoms with van der Waals surface area (Å²) in [5, 5.41) is 2.63. The molecule has 8 nitrogen and oxygen atoms in total. The minimum Gasteiger partial charge on any atom is -0.497 e. The Hall–Kier alpha value is -3.55. The van der Waals surface area contributed by atoms with Gasteiger partial charge in [-0.3, -0.25) is 14.4 Å². The predicted octanol–water partition coefficient (Wildman–Crippen LogP) is 2.38. The molecule has 1 aliphatic heterocycles. The van der Waals surface area contributed by atoms with Crippen LogP contribution in [-0.2, 0) is 19.1 Å². The second kappa shape index (κ2) is 9.09. The summed E-state index contributed by atoms with van der Waals surface area (Å²) in [4.78, 5) is 37.9. The summed E-state index contributed by atoms with van der Waals surface area (Å²) < 4.78 is 15.6. The van der Waals surface area contributed by atoms with Crippen LogP contribution in [0.25, 0.3) is 0 Å². The molecule has 2 aromatic rings. The van der Waals surface area contributed by atoms with E-state index in [0.29, 0.717) is 22.9 Å². The maximum atomic E-state index is 12.4. The van der Waals surface area contributed by atoms with E-state index in [1.54, 1.807) is 56.5 Å². The predicted molar refractivity (Wildman–Crippen MR) is 106 cm³/mol. The van der Waals surface area contributed by atoms with Gasteiger partial charge in [0.15, 0.2) is 12.7 Å². The van der Waals surface area contributed by atoms with Crippen LogP contribution in [0.4, 0.5) is 11.4 Å². The molecule has 2 amide bonds. The number of fused-ring (bicyclic) bond motifs is 1. The van der Waals surface area contributed by atoms with E-state index < -0.39 is 24.6 Å². The SMILES string of the molecule is COc1ccc(NC(=O)COC(=O)CCN2C(=O)C(C)Oc3ccccc32)cc1. The molecule has 3 rings (SSSR count). The summed E-state index contributed by atoms with van der Waals surface area (Å²) in [7, 11) is 1.55. The topological polar surface area (TPSA) is 94.2 Å². The molecule has 1 atom stereocenters. The van der Waals surface area contributed by atoms with Crippen LogP contribution < -0.4 is 19.7 Å². The Bertz CT molecular complexity index is 896. The zero-order valence-corrected chi connectivity index (χ0v) is 16.2. The molecule has 0 aromatic heterocycles. The number of benzene rings is 2. The first-order valence-electron chi connectivity index (χ1n) is 9.14. The number of nitrogens with one attached hydrogen (secondary N) is 1. The molecule has 8 heteroatoms. The molecular formula is C21H22N2O6. The lowest BCUT2D eigenvalue weighted by atomic mass is 10.2. The van der Waals surface area contributed by atoms with Crippen molar-refractivity contribution in [2.24, 2.45) is 0 Å². The first kappa shape index (κ1) is 20.2. The Kier molecular flexibility index (Phi) is 6.33. The molecule has 0 fully saturated rings.